The van der Waals surface area contributed by atoms with E-state index in [1.165, 1.54) is 0 Å². The SMILES string of the molecule is CC(CCCCCCC(N)C(=O)OC(C)(C)C)C(=O)OCc1ccccc1. The molecule has 0 radical (unpaired) electrons. The van der Waals surface area contributed by atoms with E-state index in [1.807, 2.05) is 58.0 Å². The predicted octanol–water partition coefficient (Wildman–Crippen LogP) is 4.38. The first kappa shape index (κ1) is 23.2. The van der Waals surface area contributed by atoms with Crippen molar-refractivity contribution < 1.29 is 19.1 Å². The molecular formula is C22H35NO4. The van der Waals surface area contributed by atoms with Crippen molar-refractivity contribution in [1.29, 1.82) is 0 Å². The summed E-state index contributed by atoms with van der Waals surface area (Å²) in [7, 11) is 0. The molecule has 0 aliphatic carbocycles. The van der Waals surface area contributed by atoms with Crippen LogP contribution in [-0.4, -0.2) is 23.6 Å². The minimum Gasteiger partial charge on any atom is -0.461 e. The lowest BCUT2D eigenvalue weighted by atomic mass is 10.0. The molecule has 1 rings (SSSR count). The number of carbonyl (C=O) groups excluding carboxylic acids is 2. The van der Waals surface area contributed by atoms with Gasteiger partial charge in [0.25, 0.3) is 0 Å². The van der Waals surface area contributed by atoms with Crippen LogP contribution < -0.4 is 5.73 Å². The quantitative estimate of drug-likeness (QED) is 0.457. The summed E-state index contributed by atoms with van der Waals surface area (Å²) in [6.45, 7) is 7.75. The average Bonchev–Trinajstić information content (AvgIpc) is 2.61. The second-order valence-corrected chi connectivity index (χ2v) is 8.13. The monoisotopic (exact) mass is 377 g/mol. The second kappa shape index (κ2) is 11.8. The average molecular weight is 378 g/mol. The Balaban J connectivity index is 2.09. The highest BCUT2D eigenvalue weighted by Gasteiger charge is 2.21. The number of unbranched alkanes of at least 4 members (excludes halogenated alkanes) is 3. The van der Waals surface area contributed by atoms with Crippen molar-refractivity contribution in [3.8, 4) is 0 Å². The fourth-order valence-corrected chi connectivity index (χ4v) is 2.65. The second-order valence-electron chi connectivity index (χ2n) is 8.13. The van der Waals surface area contributed by atoms with Gasteiger partial charge in [-0.15, -0.1) is 0 Å². The number of rotatable bonds is 11. The molecule has 0 bridgehead atoms. The van der Waals surface area contributed by atoms with E-state index < -0.39 is 11.6 Å². The van der Waals surface area contributed by atoms with Gasteiger partial charge in [0.2, 0.25) is 0 Å². The van der Waals surface area contributed by atoms with Crippen molar-refractivity contribution in [2.24, 2.45) is 11.7 Å². The predicted molar refractivity (Wildman–Crippen MR) is 107 cm³/mol. The molecule has 0 aromatic heterocycles. The summed E-state index contributed by atoms with van der Waals surface area (Å²) in [5.41, 5.74) is 6.37. The Kier molecular flexibility index (Phi) is 10.1. The van der Waals surface area contributed by atoms with Gasteiger partial charge in [-0.3, -0.25) is 9.59 Å². The Morgan fingerprint density at radius 1 is 0.963 bits per heavy atom. The molecule has 27 heavy (non-hydrogen) atoms. The van der Waals surface area contributed by atoms with Gasteiger partial charge in [-0.25, -0.2) is 0 Å². The van der Waals surface area contributed by atoms with Gasteiger partial charge in [0.05, 0.1) is 5.92 Å². The summed E-state index contributed by atoms with van der Waals surface area (Å²) in [4.78, 5) is 23.8. The Bertz CT molecular complexity index is 565. The number of hydrogen-bond acceptors (Lipinski definition) is 5. The van der Waals surface area contributed by atoms with Crippen LogP contribution in [0.1, 0.15) is 71.8 Å². The van der Waals surface area contributed by atoms with Crippen LogP contribution >= 0.6 is 0 Å². The van der Waals surface area contributed by atoms with Crippen molar-refractivity contribution in [2.45, 2.75) is 84.5 Å². The highest BCUT2D eigenvalue weighted by Crippen LogP contribution is 2.15. The number of benzene rings is 1. The van der Waals surface area contributed by atoms with Gasteiger partial charge in [-0.2, -0.15) is 0 Å². The maximum Gasteiger partial charge on any atom is 0.323 e. The number of ether oxygens (including phenoxy) is 2. The molecule has 2 atom stereocenters. The number of carbonyl (C=O) groups is 2. The third-order valence-corrected chi connectivity index (χ3v) is 4.24. The summed E-state index contributed by atoms with van der Waals surface area (Å²) < 4.78 is 10.6. The van der Waals surface area contributed by atoms with E-state index in [9.17, 15) is 9.59 Å². The third kappa shape index (κ3) is 10.8. The highest BCUT2D eigenvalue weighted by molar-refractivity contribution is 5.75. The number of esters is 2. The zero-order valence-corrected chi connectivity index (χ0v) is 17.2. The van der Waals surface area contributed by atoms with E-state index in [0.717, 1.165) is 37.7 Å². The molecule has 0 aliphatic heterocycles. The van der Waals surface area contributed by atoms with Crippen LogP contribution in [0.15, 0.2) is 30.3 Å². The van der Waals surface area contributed by atoms with E-state index in [4.69, 9.17) is 15.2 Å². The third-order valence-electron chi connectivity index (χ3n) is 4.24. The zero-order chi connectivity index (χ0) is 20.3. The first-order chi connectivity index (χ1) is 12.7. The van der Waals surface area contributed by atoms with Crippen molar-refractivity contribution in [2.75, 3.05) is 0 Å². The molecule has 5 heteroatoms. The van der Waals surface area contributed by atoms with Gasteiger partial charge in [0.15, 0.2) is 0 Å². The Hall–Kier alpha value is -1.88. The largest absolute Gasteiger partial charge is 0.461 e. The Morgan fingerprint density at radius 3 is 2.15 bits per heavy atom. The fraction of sp³-hybridized carbons (Fsp3) is 0.636. The normalized spacial score (nSPS) is 13.7. The zero-order valence-electron chi connectivity index (χ0n) is 17.2. The van der Waals surface area contributed by atoms with E-state index in [1.54, 1.807) is 0 Å². The summed E-state index contributed by atoms with van der Waals surface area (Å²) in [5.74, 6) is -0.583. The molecule has 5 nitrogen and oxygen atoms in total. The lowest BCUT2D eigenvalue weighted by molar-refractivity contribution is -0.156. The van der Waals surface area contributed by atoms with Crippen molar-refractivity contribution in [3.63, 3.8) is 0 Å². The number of nitrogens with two attached hydrogens (primary N) is 1. The molecule has 0 saturated carbocycles. The molecule has 2 unspecified atom stereocenters. The lowest BCUT2D eigenvalue weighted by Gasteiger charge is -2.22. The summed E-state index contributed by atoms with van der Waals surface area (Å²) in [6, 6.07) is 9.13. The molecule has 0 saturated heterocycles. The first-order valence-electron chi connectivity index (χ1n) is 9.88. The van der Waals surface area contributed by atoms with Crippen molar-refractivity contribution in [1.82, 2.24) is 0 Å². The van der Waals surface area contributed by atoms with Gasteiger partial charge < -0.3 is 15.2 Å². The molecule has 152 valence electrons. The topological polar surface area (TPSA) is 78.6 Å². The van der Waals surface area contributed by atoms with Crippen LogP contribution in [0.25, 0.3) is 0 Å². The summed E-state index contributed by atoms with van der Waals surface area (Å²) >= 11 is 0. The van der Waals surface area contributed by atoms with E-state index in [-0.39, 0.29) is 17.9 Å². The smallest absolute Gasteiger partial charge is 0.323 e. The maximum atomic E-state index is 12.0. The molecule has 0 aliphatic rings. The highest BCUT2D eigenvalue weighted by atomic mass is 16.6. The van der Waals surface area contributed by atoms with E-state index in [2.05, 4.69) is 0 Å². The van der Waals surface area contributed by atoms with Gasteiger partial charge in [-0.05, 0) is 39.2 Å². The molecular weight excluding hydrogens is 342 g/mol. The van der Waals surface area contributed by atoms with Crippen LogP contribution in [-0.2, 0) is 25.7 Å². The van der Waals surface area contributed by atoms with Crippen LogP contribution in [0.3, 0.4) is 0 Å². The van der Waals surface area contributed by atoms with Gasteiger partial charge >= 0.3 is 11.9 Å². The van der Waals surface area contributed by atoms with Gasteiger partial charge in [0.1, 0.15) is 18.2 Å². The van der Waals surface area contributed by atoms with Crippen LogP contribution in [0, 0.1) is 5.92 Å². The Labute approximate surface area is 163 Å². The molecule has 2 N–H and O–H groups in total. The van der Waals surface area contributed by atoms with Crippen molar-refractivity contribution >= 4 is 11.9 Å². The van der Waals surface area contributed by atoms with Gasteiger partial charge in [-0.1, -0.05) is 62.9 Å². The number of hydrogen-bond donors (Lipinski definition) is 1. The molecule has 0 heterocycles. The van der Waals surface area contributed by atoms with Crippen molar-refractivity contribution in [3.05, 3.63) is 35.9 Å². The van der Waals surface area contributed by atoms with Gasteiger partial charge in [0, 0.05) is 0 Å². The summed E-state index contributed by atoms with van der Waals surface area (Å²) in [6.07, 6.45) is 5.28. The van der Waals surface area contributed by atoms with Crippen LogP contribution in [0.5, 0.6) is 0 Å². The van der Waals surface area contributed by atoms with E-state index >= 15 is 0 Å². The summed E-state index contributed by atoms with van der Waals surface area (Å²) in [5, 5.41) is 0. The fourth-order valence-electron chi connectivity index (χ4n) is 2.65. The Morgan fingerprint density at radius 2 is 1.56 bits per heavy atom. The molecule has 0 fully saturated rings. The molecule has 0 amide bonds. The maximum absolute atomic E-state index is 12.0. The minimum atomic E-state index is -0.559. The van der Waals surface area contributed by atoms with Crippen LogP contribution in [0.2, 0.25) is 0 Å². The van der Waals surface area contributed by atoms with Crippen LogP contribution in [0.4, 0.5) is 0 Å². The lowest BCUT2D eigenvalue weighted by Crippen LogP contribution is -2.37. The van der Waals surface area contributed by atoms with E-state index in [0.29, 0.717) is 13.0 Å². The first-order valence-corrected chi connectivity index (χ1v) is 9.88. The molecule has 1 aromatic carbocycles. The molecule has 1 aromatic rings. The molecule has 0 spiro atoms. The standard InChI is InChI=1S/C22H35NO4/c1-17(20(24)26-16-18-13-9-7-10-14-18)12-8-5-6-11-15-19(23)21(25)27-22(2,3)4/h7,9-10,13-14,17,19H,5-6,8,11-12,15-16,23H2,1-4H3. The minimum absolute atomic E-state index is 0.0993.